The van der Waals surface area contributed by atoms with Gasteiger partial charge in [0.2, 0.25) is 0 Å². The van der Waals surface area contributed by atoms with Crippen molar-refractivity contribution >= 4 is 0 Å². The zero-order valence-electron chi connectivity index (χ0n) is 10.6. The quantitative estimate of drug-likeness (QED) is 0.621. The van der Waals surface area contributed by atoms with Crippen molar-refractivity contribution in [3.05, 3.63) is 0 Å². The van der Waals surface area contributed by atoms with Crippen molar-refractivity contribution in [2.24, 2.45) is 5.92 Å². The number of hydrogen-bond donors (Lipinski definition) is 2. The molecular weight excluding hydrogens is 188 g/mol. The molecule has 0 fully saturated rings. The van der Waals surface area contributed by atoms with Crippen LogP contribution in [0, 0.1) is 5.92 Å². The molecule has 0 saturated carbocycles. The third-order valence-electron chi connectivity index (χ3n) is 3.12. The molecule has 15 heavy (non-hydrogen) atoms. The van der Waals surface area contributed by atoms with Gasteiger partial charge in [-0.3, -0.25) is 0 Å². The van der Waals surface area contributed by atoms with Crippen molar-refractivity contribution in [1.82, 2.24) is 0 Å². The van der Waals surface area contributed by atoms with Crippen LogP contribution in [0.3, 0.4) is 0 Å². The van der Waals surface area contributed by atoms with Gasteiger partial charge in [0.05, 0.1) is 12.2 Å². The molecule has 2 unspecified atom stereocenters. The Morgan fingerprint density at radius 3 is 1.67 bits per heavy atom. The first-order valence-electron chi connectivity index (χ1n) is 6.50. The molecule has 0 aromatic carbocycles. The number of unbranched alkanes of at least 4 members (excludes halogenated alkanes) is 1. The van der Waals surface area contributed by atoms with Crippen LogP contribution in [0.1, 0.15) is 65.7 Å². The molecular formula is C13H28O2. The smallest absolute Gasteiger partial charge is 0.0540 e. The van der Waals surface area contributed by atoms with Gasteiger partial charge in [0, 0.05) is 0 Å². The van der Waals surface area contributed by atoms with Crippen molar-refractivity contribution in [3.63, 3.8) is 0 Å². The fraction of sp³-hybridized carbons (Fsp3) is 1.00. The Balaban J connectivity index is 3.93. The molecule has 0 aliphatic rings. The van der Waals surface area contributed by atoms with Crippen LogP contribution in [-0.2, 0) is 0 Å². The highest BCUT2D eigenvalue weighted by atomic mass is 16.3. The highest BCUT2D eigenvalue weighted by molar-refractivity contribution is 4.68. The first-order chi connectivity index (χ1) is 7.13. The zero-order valence-corrected chi connectivity index (χ0v) is 10.6. The van der Waals surface area contributed by atoms with Crippen LogP contribution in [0.4, 0.5) is 0 Å². The zero-order chi connectivity index (χ0) is 11.7. The molecule has 2 N–H and O–H groups in total. The van der Waals surface area contributed by atoms with E-state index in [-0.39, 0.29) is 12.2 Å². The molecule has 0 saturated heterocycles. The van der Waals surface area contributed by atoms with Crippen LogP contribution in [-0.4, -0.2) is 22.4 Å². The predicted molar refractivity (Wildman–Crippen MR) is 64.8 cm³/mol. The Morgan fingerprint density at radius 2 is 1.33 bits per heavy atom. The second kappa shape index (κ2) is 9.17. The predicted octanol–water partition coefficient (Wildman–Crippen LogP) is 3.11. The molecule has 0 radical (unpaired) electrons. The fourth-order valence-corrected chi connectivity index (χ4v) is 1.93. The minimum absolute atomic E-state index is 0.184. The largest absolute Gasteiger partial charge is 0.393 e. The standard InChI is InChI=1S/C13H28O2/c1-4-7-8-11(9-12(14)5-2)10-13(15)6-3/h11-15H,4-10H2,1-3H3. The molecule has 0 rings (SSSR count). The summed E-state index contributed by atoms with van der Waals surface area (Å²) in [5.41, 5.74) is 0. The van der Waals surface area contributed by atoms with Gasteiger partial charge in [0.15, 0.2) is 0 Å². The lowest BCUT2D eigenvalue weighted by Gasteiger charge is -2.21. The van der Waals surface area contributed by atoms with E-state index >= 15 is 0 Å². The lowest BCUT2D eigenvalue weighted by Crippen LogP contribution is -2.18. The van der Waals surface area contributed by atoms with E-state index in [1.54, 1.807) is 0 Å². The first kappa shape index (κ1) is 14.9. The van der Waals surface area contributed by atoms with Crippen LogP contribution in [0.25, 0.3) is 0 Å². The van der Waals surface area contributed by atoms with Crippen molar-refractivity contribution in [2.75, 3.05) is 0 Å². The molecule has 0 amide bonds. The normalized spacial score (nSPS) is 17.4. The Labute approximate surface area is 94.7 Å². The third-order valence-corrected chi connectivity index (χ3v) is 3.12. The van der Waals surface area contributed by atoms with Crippen LogP contribution in [0.2, 0.25) is 0 Å². The summed E-state index contributed by atoms with van der Waals surface area (Å²) in [7, 11) is 0. The van der Waals surface area contributed by atoms with Crippen LogP contribution >= 0.6 is 0 Å². The van der Waals surface area contributed by atoms with Crippen LogP contribution in [0.5, 0.6) is 0 Å². The molecule has 92 valence electrons. The van der Waals surface area contributed by atoms with E-state index < -0.39 is 0 Å². The summed E-state index contributed by atoms with van der Waals surface area (Å²) in [5.74, 6) is 0.495. The van der Waals surface area contributed by atoms with Gasteiger partial charge in [-0.05, 0) is 31.6 Å². The molecule has 2 nitrogen and oxygen atoms in total. The van der Waals surface area contributed by atoms with E-state index in [0.717, 1.165) is 32.1 Å². The van der Waals surface area contributed by atoms with Crippen LogP contribution in [0.15, 0.2) is 0 Å². The first-order valence-corrected chi connectivity index (χ1v) is 6.50. The minimum Gasteiger partial charge on any atom is -0.393 e. The summed E-state index contributed by atoms with van der Waals surface area (Å²) in [6, 6.07) is 0. The molecule has 0 bridgehead atoms. The fourth-order valence-electron chi connectivity index (χ4n) is 1.93. The van der Waals surface area contributed by atoms with E-state index in [1.807, 2.05) is 13.8 Å². The van der Waals surface area contributed by atoms with Crippen LogP contribution < -0.4 is 0 Å². The van der Waals surface area contributed by atoms with Crippen molar-refractivity contribution < 1.29 is 10.2 Å². The summed E-state index contributed by atoms with van der Waals surface area (Å²) in [5, 5.41) is 19.3. The summed E-state index contributed by atoms with van der Waals surface area (Å²) in [4.78, 5) is 0. The SMILES string of the molecule is CCCCC(CC(O)CC)CC(O)CC. The van der Waals surface area contributed by atoms with Crippen molar-refractivity contribution in [2.45, 2.75) is 77.9 Å². The van der Waals surface area contributed by atoms with Gasteiger partial charge in [-0.15, -0.1) is 0 Å². The van der Waals surface area contributed by atoms with Crippen molar-refractivity contribution in [1.29, 1.82) is 0 Å². The van der Waals surface area contributed by atoms with E-state index in [4.69, 9.17) is 0 Å². The highest BCUT2D eigenvalue weighted by Gasteiger charge is 2.16. The monoisotopic (exact) mass is 216 g/mol. The second-order valence-corrected chi connectivity index (χ2v) is 4.60. The van der Waals surface area contributed by atoms with E-state index in [0.29, 0.717) is 5.92 Å². The van der Waals surface area contributed by atoms with Gasteiger partial charge in [0.1, 0.15) is 0 Å². The van der Waals surface area contributed by atoms with Gasteiger partial charge in [-0.25, -0.2) is 0 Å². The lowest BCUT2D eigenvalue weighted by atomic mass is 9.89. The van der Waals surface area contributed by atoms with Gasteiger partial charge in [-0.1, -0.05) is 40.0 Å². The van der Waals surface area contributed by atoms with Gasteiger partial charge in [0.25, 0.3) is 0 Å². The Morgan fingerprint density at radius 1 is 0.867 bits per heavy atom. The van der Waals surface area contributed by atoms with Gasteiger partial charge in [-0.2, -0.15) is 0 Å². The molecule has 2 heteroatoms. The Kier molecular flexibility index (Phi) is 9.12. The Bertz CT molecular complexity index is 124. The van der Waals surface area contributed by atoms with E-state index in [9.17, 15) is 10.2 Å². The second-order valence-electron chi connectivity index (χ2n) is 4.60. The summed E-state index contributed by atoms with van der Waals surface area (Å²) in [6.45, 7) is 6.21. The molecule has 2 atom stereocenters. The Hall–Kier alpha value is -0.0800. The maximum Gasteiger partial charge on any atom is 0.0540 e. The topological polar surface area (TPSA) is 40.5 Å². The average Bonchev–Trinajstić information content (AvgIpc) is 2.25. The molecule has 0 heterocycles. The van der Waals surface area contributed by atoms with Gasteiger partial charge >= 0.3 is 0 Å². The molecule has 0 spiro atoms. The summed E-state index contributed by atoms with van der Waals surface area (Å²) >= 11 is 0. The maximum atomic E-state index is 9.63. The minimum atomic E-state index is -0.184. The average molecular weight is 216 g/mol. The molecule has 0 aromatic rings. The summed E-state index contributed by atoms with van der Waals surface area (Å²) in [6.07, 6.45) is 6.53. The number of aliphatic hydroxyl groups is 2. The molecule has 0 aliphatic heterocycles. The third kappa shape index (κ3) is 7.80. The number of rotatable bonds is 9. The van der Waals surface area contributed by atoms with Crippen molar-refractivity contribution in [3.8, 4) is 0 Å². The van der Waals surface area contributed by atoms with Gasteiger partial charge < -0.3 is 10.2 Å². The van der Waals surface area contributed by atoms with E-state index in [1.165, 1.54) is 12.8 Å². The number of hydrogen-bond acceptors (Lipinski definition) is 2. The molecule has 0 aliphatic carbocycles. The molecule has 0 aromatic heterocycles. The van der Waals surface area contributed by atoms with E-state index in [2.05, 4.69) is 6.92 Å². The maximum absolute atomic E-state index is 9.63. The summed E-state index contributed by atoms with van der Waals surface area (Å²) < 4.78 is 0. The lowest BCUT2D eigenvalue weighted by molar-refractivity contribution is 0.0948. The number of aliphatic hydroxyl groups excluding tert-OH is 2. The highest BCUT2D eigenvalue weighted by Crippen LogP contribution is 2.22.